The molecule has 7 nitrogen and oxygen atoms in total. The van der Waals surface area contributed by atoms with Crippen molar-refractivity contribution in [3.8, 4) is 0 Å². The van der Waals surface area contributed by atoms with Crippen LogP contribution in [0.2, 0.25) is 0 Å². The van der Waals surface area contributed by atoms with Crippen LogP contribution >= 0.6 is 0 Å². The van der Waals surface area contributed by atoms with E-state index in [1.807, 2.05) is 41.5 Å². The zero-order valence-corrected chi connectivity index (χ0v) is 21.4. The van der Waals surface area contributed by atoms with Crippen molar-refractivity contribution >= 4 is 17.9 Å². The van der Waals surface area contributed by atoms with Gasteiger partial charge in [-0.1, -0.05) is 47.5 Å². The Labute approximate surface area is 202 Å². The number of carbonyl (C=O) groups excluding carboxylic acids is 2. The normalized spacial score (nSPS) is 29.9. The second-order valence-corrected chi connectivity index (χ2v) is 10.7. The van der Waals surface area contributed by atoms with Crippen LogP contribution < -0.4 is 0 Å². The zero-order valence-electron chi connectivity index (χ0n) is 21.4. The van der Waals surface area contributed by atoms with Gasteiger partial charge in [-0.2, -0.15) is 0 Å². The molecular formula is C27H40O7. The summed E-state index contributed by atoms with van der Waals surface area (Å²) in [5.41, 5.74) is 0.683. The summed E-state index contributed by atoms with van der Waals surface area (Å²) >= 11 is 0. The molecule has 1 fully saturated rings. The molecule has 0 aromatic carbocycles. The molecule has 0 radical (unpaired) electrons. The van der Waals surface area contributed by atoms with Gasteiger partial charge in [0.2, 0.25) is 0 Å². The molecule has 34 heavy (non-hydrogen) atoms. The van der Waals surface area contributed by atoms with Crippen molar-refractivity contribution in [1.29, 1.82) is 0 Å². The fourth-order valence-corrected chi connectivity index (χ4v) is 5.74. The first-order valence-corrected chi connectivity index (χ1v) is 12.7. The second kappa shape index (κ2) is 10.5. The smallest absolute Gasteiger partial charge is 0.311 e. The number of hydrogen-bond donors (Lipinski definition) is 1. The van der Waals surface area contributed by atoms with Crippen molar-refractivity contribution in [3.05, 3.63) is 23.2 Å². The van der Waals surface area contributed by atoms with E-state index < -0.39 is 29.5 Å². The van der Waals surface area contributed by atoms with E-state index in [4.69, 9.17) is 13.9 Å². The Morgan fingerprint density at radius 1 is 1.09 bits per heavy atom. The lowest BCUT2D eigenvalue weighted by Gasteiger charge is -2.53. The summed E-state index contributed by atoms with van der Waals surface area (Å²) in [5.74, 6) is -1.70. The third-order valence-corrected chi connectivity index (χ3v) is 8.31. The van der Waals surface area contributed by atoms with Crippen LogP contribution in [0.4, 0.5) is 0 Å². The van der Waals surface area contributed by atoms with Crippen LogP contribution in [0, 0.1) is 36.0 Å². The van der Waals surface area contributed by atoms with E-state index in [0.29, 0.717) is 19.3 Å². The predicted molar refractivity (Wildman–Crippen MR) is 126 cm³/mol. The molecule has 1 aromatic rings. The Bertz CT molecular complexity index is 903. The molecule has 1 aromatic heterocycles. The van der Waals surface area contributed by atoms with Crippen molar-refractivity contribution in [2.24, 2.45) is 29.1 Å². The van der Waals surface area contributed by atoms with Crippen molar-refractivity contribution in [1.82, 2.24) is 0 Å². The minimum Gasteiger partial charge on any atom is -0.481 e. The SMILES string of the molecule is CC[C@@H](C)CC(=O)O[C@@H]1c2c(C)coc2C[C@H]2CC[C@H](OC(=O)C[C@@H](C)CC)[C@H](C(=O)O)[C@]21C. The Kier molecular flexibility index (Phi) is 8.14. The Balaban J connectivity index is 1.99. The number of ether oxygens (including phenoxy) is 2. The molecule has 190 valence electrons. The average molecular weight is 477 g/mol. The van der Waals surface area contributed by atoms with Crippen LogP contribution in [0.3, 0.4) is 0 Å². The molecule has 1 heterocycles. The molecule has 3 rings (SSSR count). The van der Waals surface area contributed by atoms with Crippen molar-refractivity contribution in [2.75, 3.05) is 0 Å². The summed E-state index contributed by atoms with van der Waals surface area (Å²) in [6, 6.07) is 0. The number of furan rings is 1. The highest BCUT2D eigenvalue weighted by Gasteiger charge is 2.62. The molecule has 0 amide bonds. The molecule has 0 saturated heterocycles. The number of carboxylic acid groups (broad SMARTS) is 1. The molecule has 7 atom stereocenters. The van der Waals surface area contributed by atoms with E-state index in [1.165, 1.54) is 0 Å². The molecule has 7 heteroatoms. The monoisotopic (exact) mass is 476 g/mol. The van der Waals surface area contributed by atoms with Gasteiger partial charge in [0.1, 0.15) is 23.9 Å². The number of rotatable bonds is 9. The third kappa shape index (κ3) is 5.03. The first-order chi connectivity index (χ1) is 16.0. The molecule has 0 spiro atoms. The van der Waals surface area contributed by atoms with E-state index in [9.17, 15) is 19.5 Å². The molecular weight excluding hydrogens is 436 g/mol. The maximum Gasteiger partial charge on any atom is 0.311 e. The highest BCUT2D eigenvalue weighted by atomic mass is 16.6. The van der Waals surface area contributed by atoms with Crippen molar-refractivity contribution in [2.45, 2.75) is 98.7 Å². The van der Waals surface area contributed by atoms with Gasteiger partial charge >= 0.3 is 17.9 Å². The molecule has 2 aliphatic rings. The van der Waals surface area contributed by atoms with Crippen LogP contribution in [-0.2, 0) is 30.3 Å². The summed E-state index contributed by atoms with van der Waals surface area (Å²) in [4.78, 5) is 38.3. The summed E-state index contributed by atoms with van der Waals surface area (Å²) in [6.07, 6.45) is 4.06. The van der Waals surface area contributed by atoms with Crippen molar-refractivity contribution in [3.63, 3.8) is 0 Å². The molecule has 0 bridgehead atoms. The Hall–Kier alpha value is -2.31. The number of aliphatic carboxylic acids is 1. The summed E-state index contributed by atoms with van der Waals surface area (Å²) in [5, 5.41) is 10.4. The van der Waals surface area contributed by atoms with Crippen LogP contribution in [0.1, 0.15) is 96.1 Å². The van der Waals surface area contributed by atoms with E-state index >= 15 is 0 Å². The zero-order chi connectivity index (χ0) is 25.2. The van der Waals surface area contributed by atoms with Crippen LogP contribution in [0.25, 0.3) is 0 Å². The lowest BCUT2D eigenvalue weighted by Crippen LogP contribution is -2.56. The highest BCUT2D eigenvalue weighted by Crippen LogP contribution is 2.60. The fraction of sp³-hybridized carbons (Fsp3) is 0.741. The van der Waals surface area contributed by atoms with Gasteiger partial charge in [-0.05, 0) is 43.1 Å². The highest BCUT2D eigenvalue weighted by molar-refractivity contribution is 5.75. The first kappa shape index (κ1) is 26.3. The average Bonchev–Trinajstić information content (AvgIpc) is 3.13. The van der Waals surface area contributed by atoms with E-state index in [2.05, 4.69) is 0 Å². The number of fused-ring (bicyclic) bond motifs is 2. The van der Waals surface area contributed by atoms with Crippen LogP contribution in [0.5, 0.6) is 0 Å². The summed E-state index contributed by atoms with van der Waals surface area (Å²) in [6.45, 7) is 11.8. The number of carbonyl (C=O) groups is 3. The van der Waals surface area contributed by atoms with E-state index in [0.717, 1.165) is 29.7 Å². The number of hydrogen-bond acceptors (Lipinski definition) is 6. The van der Waals surface area contributed by atoms with Gasteiger partial charge in [-0.3, -0.25) is 14.4 Å². The Morgan fingerprint density at radius 3 is 2.24 bits per heavy atom. The molecule has 1 saturated carbocycles. The third-order valence-electron chi connectivity index (χ3n) is 8.31. The van der Waals surface area contributed by atoms with Crippen LogP contribution in [0.15, 0.2) is 10.7 Å². The van der Waals surface area contributed by atoms with Gasteiger partial charge < -0.3 is 19.0 Å². The molecule has 2 aliphatic carbocycles. The number of aryl methyl sites for hydroxylation is 1. The first-order valence-electron chi connectivity index (χ1n) is 12.7. The van der Waals surface area contributed by atoms with Gasteiger partial charge in [0, 0.05) is 30.2 Å². The van der Waals surface area contributed by atoms with Gasteiger partial charge in [-0.15, -0.1) is 0 Å². The largest absolute Gasteiger partial charge is 0.481 e. The molecule has 0 unspecified atom stereocenters. The van der Waals surface area contributed by atoms with E-state index in [1.54, 1.807) is 6.26 Å². The maximum absolute atomic E-state index is 12.9. The lowest BCUT2D eigenvalue weighted by molar-refractivity contribution is -0.200. The number of carboxylic acids is 1. The van der Waals surface area contributed by atoms with Gasteiger partial charge in [0.05, 0.1) is 6.26 Å². The topological polar surface area (TPSA) is 103 Å². The van der Waals surface area contributed by atoms with Gasteiger partial charge in [0.25, 0.3) is 0 Å². The Morgan fingerprint density at radius 2 is 1.68 bits per heavy atom. The number of esters is 2. The fourth-order valence-electron chi connectivity index (χ4n) is 5.74. The molecule has 1 N–H and O–H groups in total. The maximum atomic E-state index is 12.9. The quantitative estimate of drug-likeness (QED) is 0.461. The van der Waals surface area contributed by atoms with E-state index in [-0.39, 0.29) is 42.5 Å². The van der Waals surface area contributed by atoms with Crippen molar-refractivity contribution < 1.29 is 33.4 Å². The second-order valence-electron chi connectivity index (χ2n) is 10.7. The summed E-state index contributed by atoms with van der Waals surface area (Å²) in [7, 11) is 0. The lowest BCUT2D eigenvalue weighted by atomic mass is 9.53. The standard InChI is InChI=1S/C27H40O7/c1-7-15(3)11-21(28)33-19-10-9-18-13-20-23(17(5)14-32-20)25(27(18,6)24(19)26(30)31)34-22(29)12-16(4)8-2/h14-16,18-19,24-25H,7-13H2,1-6H3,(H,30,31)/t15-,16+,18+,19-,24+,25+,27-/m0/s1. The van der Waals surface area contributed by atoms with Gasteiger partial charge in [-0.25, -0.2) is 0 Å². The minimum atomic E-state index is -1.03. The predicted octanol–water partition coefficient (Wildman–Crippen LogP) is 5.63. The minimum absolute atomic E-state index is 0.0717. The summed E-state index contributed by atoms with van der Waals surface area (Å²) < 4.78 is 17.7. The van der Waals surface area contributed by atoms with Gasteiger partial charge in [0.15, 0.2) is 0 Å². The molecule has 0 aliphatic heterocycles. The van der Waals surface area contributed by atoms with Crippen LogP contribution in [-0.4, -0.2) is 29.1 Å².